The summed E-state index contributed by atoms with van der Waals surface area (Å²) in [6, 6.07) is 1.19. The first-order valence-corrected chi connectivity index (χ1v) is 7.83. The van der Waals surface area contributed by atoms with E-state index < -0.39 is 0 Å². The van der Waals surface area contributed by atoms with Gasteiger partial charge in [0.25, 0.3) is 0 Å². The van der Waals surface area contributed by atoms with Crippen LogP contribution in [-0.2, 0) is 0 Å². The molecule has 0 bridgehead atoms. The topological polar surface area (TPSA) is 47.6 Å². The number of likely N-dealkylation sites (tertiary alicyclic amines) is 1. The van der Waals surface area contributed by atoms with Crippen molar-refractivity contribution in [3.63, 3.8) is 0 Å². The molecule has 0 spiro atoms. The van der Waals surface area contributed by atoms with Crippen LogP contribution in [0.1, 0.15) is 32.1 Å². The van der Waals surface area contributed by atoms with Crippen LogP contribution in [0.5, 0.6) is 0 Å². The van der Waals surface area contributed by atoms with Crippen LogP contribution >= 0.6 is 0 Å². The number of carbonyl (C=O) groups is 1. The van der Waals surface area contributed by atoms with E-state index in [4.69, 9.17) is 0 Å². The van der Waals surface area contributed by atoms with Gasteiger partial charge in [0.05, 0.1) is 0 Å². The number of amides is 2. The lowest BCUT2D eigenvalue weighted by molar-refractivity contribution is 0.168. The zero-order valence-electron chi connectivity index (χ0n) is 11.7. The number of rotatable bonds is 2. The molecule has 2 heterocycles. The lowest BCUT2D eigenvalue weighted by Crippen LogP contribution is -2.50. The maximum absolute atomic E-state index is 12.2. The lowest BCUT2D eigenvalue weighted by atomic mass is 10.2. The van der Waals surface area contributed by atoms with Gasteiger partial charge < -0.3 is 15.5 Å². The maximum atomic E-state index is 12.2. The van der Waals surface area contributed by atoms with Crippen LogP contribution in [0.4, 0.5) is 4.79 Å². The zero-order chi connectivity index (χ0) is 13.1. The van der Waals surface area contributed by atoms with Crippen molar-refractivity contribution in [1.82, 2.24) is 20.4 Å². The van der Waals surface area contributed by atoms with E-state index in [2.05, 4.69) is 15.5 Å². The minimum Gasteiger partial charge on any atom is -0.335 e. The summed E-state index contributed by atoms with van der Waals surface area (Å²) in [6.45, 7) is 6.27. The van der Waals surface area contributed by atoms with Gasteiger partial charge in [0, 0.05) is 51.4 Å². The highest BCUT2D eigenvalue weighted by molar-refractivity contribution is 5.74. The van der Waals surface area contributed by atoms with E-state index in [0.29, 0.717) is 12.1 Å². The van der Waals surface area contributed by atoms with Gasteiger partial charge in [-0.15, -0.1) is 0 Å². The third-order valence-corrected chi connectivity index (χ3v) is 4.80. The summed E-state index contributed by atoms with van der Waals surface area (Å²) < 4.78 is 0. The fourth-order valence-corrected chi connectivity index (χ4v) is 3.61. The largest absolute Gasteiger partial charge is 0.335 e. The van der Waals surface area contributed by atoms with Crippen LogP contribution in [-0.4, -0.2) is 67.2 Å². The van der Waals surface area contributed by atoms with Crippen LogP contribution in [0, 0.1) is 0 Å². The molecule has 0 aromatic carbocycles. The summed E-state index contributed by atoms with van der Waals surface area (Å²) in [5, 5.41) is 6.59. The van der Waals surface area contributed by atoms with E-state index >= 15 is 0 Å². The maximum Gasteiger partial charge on any atom is 0.317 e. The Bertz CT molecular complexity index is 311. The van der Waals surface area contributed by atoms with Gasteiger partial charge in [-0.2, -0.15) is 0 Å². The monoisotopic (exact) mass is 266 g/mol. The molecule has 19 heavy (non-hydrogen) atoms. The van der Waals surface area contributed by atoms with Gasteiger partial charge in [-0.25, -0.2) is 4.79 Å². The number of carbonyl (C=O) groups excluding carboxylic acids is 1. The van der Waals surface area contributed by atoms with Crippen molar-refractivity contribution in [3.05, 3.63) is 0 Å². The molecule has 1 saturated carbocycles. The van der Waals surface area contributed by atoms with Gasteiger partial charge in [-0.1, -0.05) is 12.8 Å². The Labute approximate surface area is 115 Å². The minimum absolute atomic E-state index is 0.171. The third kappa shape index (κ3) is 3.20. The molecule has 1 unspecified atom stereocenters. The molecule has 2 saturated heterocycles. The number of nitrogens with one attached hydrogen (secondary N) is 2. The number of hydrogen-bond donors (Lipinski definition) is 2. The minimum atomic E-state index is 0.171. The molecule has 108 valence electrons. The molecule has 1 aliphatic carbocycles. The third-order valence-electron chi connectivity index (χ3n) is 4.80. The van der Waals surface area contributed by atoms with Crippen LogP contribution in [0.25, 0.3) is 0 Å². The number of urea groups is 1. The smallest absolute Gasteiger partial charge is 0.317 e. The first kappa shape index (κ1) is 13.2. The SMILES string of the molecule is O=C(NC1CCCC1)N1CCC(N2CCNCC2)C1. The van der Waals surface area contributed by atoms with Crippen molar-refractivity contribution in [2.45, 2.75) is 44.2 Å². The van der Waals surface area contributed by atoms with E-state index in [9.17, 15) is 4.79 Å². The van der Waals surface area contributed by atoms with Crippen molar-refractivity contribution >= 4 is 6.03 Å². The number of nitrogens with zero attached hydrogens (tertiary/aromatic N) is 2. The second-order valence-electron chi connectivity index (χ2n) is 6.11. The lowest BCUT2D eigenvalue weighted by Gasteiger charge is -2.32. The molecule has 3 rings (SSSR count). The molecule has 2 amide bonds. The molecule has 0 aromatic rings. The fourth-order valence-electron chi connectivity index (χ4n) is 3.61. The Hall–Kier alpha value is -0.810. The Morgan fingerprint density at radius 1 is 1.05 bits per heavy atom. The van der Waals surface area contributed by atoms with E-state index in [1.54, 1.807) is 0 Å². The summed E-state index contributed by atoms with van der Waals surface area (Å²) >= 11 is 0. The average molecular weight is 266 g/mol. The van der Waals surface area contributed by atoms with E-state index in [1.807, 2.05) is 4.90 Å². The molecular weight excluding hydrogens is 240 g/mol. The van der Waals surface area contributed by atoms with Crippen LogP contribution in [0.15, 0.2) is 0 Å². The molecule has 2 N–H and O–H groups in total. The standard InChI is InChI=1S/C14H26N4O/c19-14(16-12-3-1-2-4-12)18-8-5-13(11-18)17-9-6-15-7-10-17/h12-13,15H,1-11H2,(H,16,19). The number of piperazine rings is 1. The predicted octanol–water partition coefficient (Wildman–Crippen LogP) is 0.618. The molecule has 5 nitrogen and oxygen atoms in total. The first-order valence-electron chi connectivity index (χ1n) is 7.83. The average Bonchev–Trinajstić information content (AvgIpc) is 3.10. The fraction of sp³-hybridized carbons (Fsp3) is 0.929. The summed E-state index contributed by atoms with van der Waals surface area (Å²) in [5.74, 6) is 0. The first-order chi connectivity index (χ1) is 9.33. The molecule has 3 aliphatic rings. The molecule has 0 radical (unpaired) electrons. The van der Waals surface area contributed by atoms with Crippen molar-refractivity contribution in [2.75, 3.05) is 39.3 Å². The molecule has 2 aliphatic heterocycles. The normalized spacial score (nSPS) is 29.9. The summed E-state index contributed by atoms with van der Waals surface area (Å²) in [7, 11) is 0. The van der Waals surface area contributed by atoms with Crippen LogP contribution < -0.4 is 10.6 Å². The Kier molecular flexibility index (Phi) is 4.23. The van der Waals surface area contributed by atoms with E-state index in [1.165, 1.54) is 25.7 Å². The highest BCUT2D eigenvalue weighted by Crippen LogP contribution is 2.20. The molecule has 1 atom stereocenters. The summed E-state index contributed by atoms with van der Waals surface area (Å²) in [5.41, 5.74) is 0. The summed E-state index contributed by atoms with van der Waals surface area (Å²) in [6.07, 6.45) is 6.02. The van der Waals surface area contributed by atoms with Crippen molar-refractivity contribution in [1.29, 1.82) is 0 Å². The van der Waals surface area contributed by atoms with Crippen molar-refractivity contribution in [2.24, 2.45) is 0 Å². The van der Waals surface area contributed by atoms with Crippen molar-refractivity contribution in [3.8, 4) is 0 Å². The predicted molar refractivity (Wildman–Crippen MR) is 75.2 cm³/mol. The van der Waals surface area contributed by atoms with E-state index in [-0.39, 0.29) is 6.03 Å². The molecule has 3 fully saturated rings. The van der Waals surface area contributed by atoms with Gasteiger partial charge in [-0.05, 0) is 19.3 Å². The number of hydrogen-bond acceptors (Lipinski definition) is 3. The second-order valence-corrected chi connectivity index (χ2v) is 6.11. The highest BCUT2D eigenvalue weighted by Gasteiger charge is 2.31. The van der Waals surface area contributed by atoms with E-state index in [0.717, 1.165) is 45.7 Å². The van der Waals surface area contributed by atoms with Crippen LogP contribution in [0.3, 0.4) is 0 Å². The molecule has 0 aromatic heterocycles. The Balaban J connectivity index is 1.46. The molecule has 5 heteroatoms. The van der Waals surface area contributed by atoms with Gasteiger partial charge >= 0.3 is 6.03 Å². The summed E-state index contributed by atoms with van der Waals surface area (Å²) in [4.78, 5) is 16.8. The zero-order valence-corrected chi connectivity index (χ0v) is 11.7. The Morgan fingerprint density at radius 2 is 1.79 bits per heavy atom. The quantitative estimate of drug-likeness (QED) is 0.770. The molecular formula is C14H26N4O. The van der Waals surface area contributed by atoms with Gasteiger partial charge in [0.15, 0.2) is 0 Å². The highest BCUT2D eigenvalue weighted by atomic mass is 16.2. The van der Waals surface area contributed by atoms with Gasteiger partial charge in [-0.3, -0.25) is 4.90 Å². The van der Waals surface area contributed by atoms with Gasteiger partial charge in [0.1, 0.15) is 0 Å². The van der Waals surface area contributed by atoms with Crippen molar-refractivity contribution < 1.29 is 4.79 Å². The van der Waals surface area contributed by atoms with Gasteiger partial charge in [0.2, 0.25) is 0 Å². The Morgan fingerprint density at radius 3 is 2.53 bits per heavy atom. The van der Waals surface area contributed by atoms with Crippen LogP contribution in [0.2, 0.25) is 0 Å². The second kappa shape index (κ2) is 6.09.